The topological polar surface area (TPSA) is 47.1 Å². The number of carbonyl (C=O) groups excluding carboxylic acids is 2. The number of para-hydroxylation sites is 1. The fourth-order valence-electron chi connectivity index (χ4n) is 6.16. The van der Waals surface area contributed by atoms with E-state index in [1.807, 2.05) is 40.1 Å². The molecule has 0 saturated carbocycles. The van der Waals surface area contributed by atoms with E-state index in [4.69, 9.17) is 0 Å². The lowest BCUT2D eigenvalue weighted by Crippen LogP contribution is -2.57. The zero-order chi connectivity index (χ0) is 29.4. The van der Waals surface area contributed by atoms with Crippen molar-refractivity contribution in [3.8, 4) is 0 Å². The van der Waals surface area contributed by atoms with Crippen LogP contribution in [-0.4, -0.2) is 78.0 Å². The maximum atomic E-state index is 13.9. The number of hydrogen-bond donors (Lipinski definition) is 0. The van der Waals surface area contributed by atoms with E-state index < -0.39 is 40.5 Å². The molecule has 3 heterocycles. The van der Waals surface area contributed by atoms with Crippen LogP contribution in [-0.2, 0) is 17.1 Å². The lowest BCUT2D eigenvalue weighted by Gasteiger charge is -2.43. The number of amides is 2. The van der Waals surface area contributed by atoms with Crippen molar-refractivity contribution >= 4 is 17.5 Å². The molecule has 1 spiro atoms. The molecule has 2 amide bonds. The second kappa shape index (κ2) is 11.2. The van der Waals surface area contributed by atoms with Crippen LogP contribution >= 0.6 is 0 Å². The molecule has 41 heavy (non-hydrogen) atoms. The van der Waals surface area contributed by atoms with Crippen LogP contribution in [0.25, 0.3) is 0 Å². The molecule has 0 atom stereocenters. The monoisotopic (exact) mass is 582 g/mol. The normalized spacial score (nSPS) is 20.2. The summed E-state index contributed by atoms with van der Waals surface area (Å²) < 4.78 is 80.2. The lowest BCUT2D eigenvalue weighted by molar-refractivity contribution is -0.143. The molecule has 2 aromatic carbocycles. The second-order valence-corrected chi connectivity index (χ2v) is 11.0. The van der Waals surface area contributed by atoms with Crippen LogP contribution < -0.4 is 4.90 Å². The average Bonchev–Trinajstić information content (AvgIpc) is 3.22. The van der Waals surface area contributed by atoms with Gasteiger partial charge in [0.25, 0.3) is 5.91 Å². The van der Waals surface area contributed by atoms with Crippen molar-refractivity contribution in [2.45, 2.75) is 50.0 Å². The van der Waals surface area contributed by atoms with Gasteiger partial charge in [0.15, 0.2) is 0 Å². The minimum Gasteiger partial charge on any atom is -0.339 e. The van der Waals surface area contributed by atoms with Crippen LogP contribution in [0.4, 0.5) is 32.0 Å². The molecule has 0 aromatic heterocycles. The first-order chi connectivity index (χ1) is 19.4. The summed E-state index contributed by atoms with van der Waals surface area (Å²) >= 11 is 0. The van der Waals surface area contributed by atoms with Crippen molar-refractivity contribution in [1.82, 2.24) is 14.7 Å². The zero-order valence-corrected chi connectivity index (χ0v) is 22.5. The van der Waals surface area contributed by atoms with Gasteiger partial charge in [-0.15, -0.1) is 0 Å². The van der Waals surface area contributed by atoms with E-state index in [0.29, 0.717) is 25.3 Å². The highest BCUT2D eigenvalue weighted by atomic mass is 19.4. The molecule has 0 unspecified atom stereocenters. The Bertz CT molecular complexity index is 1220. The molecule has 3 aliphatic heterocycles. The summed E-state index contributed by atoms with van der Waals surface area (Å²) in [6.07, 6.45) is -6.21. The molecule has 6 nitrogen and oxygen atoms in total. The van der Waals surface area contributed by atoms with E-state index in [9.17, 15) is 35.9 Å². The van der Waals surface area contributed by atoms with Crippen LogP contribution in [0.2, 0.25) is 0 Å². The van der Waals surface area contributed by atoms with Gasteiger partial charge >= 0.3 is 12.4 Å². The van der Waals surface area contributed by atoms with Gasteiger partial charge in [-0.25, -0.2) is 0 Å². The molecule has 3 saturated heterocycles. The number of carbonyl (C=O) groups is 2. The predicted octanol–water partition coefficient (Wildman–Crippen LogP) is 5.49. The fraction of sp³-hybridized carbons (Fsp3) is 0.517. The molecular formula is C29H32F6N4O2. The van der Waals surface area contributed by atoms with E-state index in [2.05, 4.69) is 4.90 Å². The summed E-state index contributed by atoms with van der Waals surface area (Å²) in [5, 5.41) is 0. The van der Waals surface area contributed by atoms with Crippen molar-refractivity contribution in [2.24, 2.45) is 0 Å². The molecule has 3 fully saturated rings. The predicted molar refractivity (Wildman–Crippen MR) is 140 cm³/mol. The van der Waals surface area contributed by atoms with Gasteiger partial charge in [0.2, 0.25) is 5.91 Å². The van der Waals surface area contributed by atoms with Gasteiger partial charge < -0.3 is 19.6 Å². The van der Waals surface area contributed by atoms with Gasteiger partial charge in [0.1, 0.15) is 5.54 Å². The van der Waals surface area contributed by atoms with Crippen LogP contribution in [0.5, 0.6) is 0 Å². The van der Waals surface area contributed by atoms with Gasteiger partial charge in [-0.05, 0) is 69.1 Å². The molecule has 5 rings (SSSR count). The van der Waals surface area contributed by atoms with Crippen LogP contribution in [0.3, 0.4) is 0 Å². The number of likely N-dealkylation sites (tertiary alicyclic amines) is 2. The smallest absolute Gasteiger partial charge is 0.339 e. The Hall–Kier alpha value is -3.28. The molecule has 0 radical (unpaired) electrons. The Morgan fingerprint density at radius 1 is 0.780 bits per heavy atom. The molecule has 0 N–H and O–H groups in total. The minimum atomic E-state index is -5.05. The second-order valence-electron chi connectivity index (χ2n) is 11.0. The molecule has 222 valence electrons. The molecule has 0 aliphatic carbocycles. The SMILES string of the molecule is O=C(c1cc(C(F)(F)F)cc(C(F)(F)F)c1)N1CCC2(CC1)C(=O)N(CCN1CCCCC1)CN2c1ccccc1. The molecular weight excluding hydrogens is 550 g/mol. The van der Waals surface area contributed by atoms with Gasteiger partial charge in [0, 0.05) is 37.4 Å². The summed E-state index contributed by atoms with van der Waals surface area (Å²) in [6, 6.07) is 10.3. The maximum Gasteiger partial charge on any atom is 0.416 e. The lowest BCUT2D eigenvalue weighted by atomic mass is 9.85. The maximum absolute atomic E-state index is 13.9. The Kier molecular flexibility index (Phi) is 7.97. The minimum absolute atomic E-state index is 0.00931. The van der Waals surface area contributed by atoms with Gasteiger partial charge in [-0.3, -0.25) is 9.59 Å². The number of hydrogen-bond acceptors (Lipinski definition) is 4. The number of anilines is 1. The van der Waals surface area contributed by atoms with Crippen molar-refractivity contribution < 1.29 is 35.9 Å². The highest BCUT2D eigenvalue weighted by molar-refractivity contribution is 5.96. The Morgan fingerprint density at radius 2 is 1.37 bits per heavy atom. The van der Waals surface area contributed by atoms with Crippen LogP contribution in [0, 0.1) is 0 Å². The first kappa shape index (κ1) is 29.2. The number of rotatable bonds is 5. The first-order valence-electron chi connectivity index (χ1n) is 13.8. The highest BCUT2D eigenvalue weighted by Gasteiger charge is 2.54. The summed E-state index contributed by atoms with van der Waals surface area (Å²) in [4.78, 5) is 34.6. The number of benzene rings is 2. The third-order valence-electron chi connectivity index (χ3n) is 8.43. The molecule has 12 heteroatoms. The zero-order valence-electron chi connectivity index (χ0n) is 22.5. The van der Waals surface area contributed by atoms with Crippen LogP contribution in [0.1, 0.15) is 53.6 Å². The number of halogens is 6. The van der Waals surface area contributed by atoms with Crippen molar-refractivity contribution in [2.75, 3.05) is 50.8 Å². The standard InChI is InChI=1S/C29H32F6N4O2/c30-28(31,32)22-17-21(18-23(19-22)29(33,34)35)25(40)37-13-9-27(10-14-37)26(41)38(16-15-36-11-5-2-6-12-36)20-39(27)24-7-3-1-4-8-24/h1,3-4,7-8,17-19H,2,5-6,9-16,20H2. The van der Waals surface area contributed by atoms with Crippen molar-refractivity contribution in [1.29, 1.82) is 0 Å². The third-order valence-corrected chi connectivity index (χ3v) is 8.43. The van der Waals surface area contributed by atoms with Crippen molar-refractivity contribution in [3.63, 3.8) is 0 Å². The Balaban J connectivity index is 1.36. The summed E-state index contributed by atoms with van der Waals surface area (Å²) in [5.74, 6) is -0.987. The quantitative estimate of drug-likeness (QED) is 0.438. The third kappa shape index (κ3) is 6.02. The molecule has 0 bridgehead atoms. The van der Waals surface area contributed by atoms with E-state index in [1.54, 1.807) is 0 Å². The first-order valence-corrected chi connectivity index (χ1v) is 13.8. The van der Waals surface area contributed by atoms with E-state index in [1.165, 1.54) is 11.3 Å². The van der Waals surface area contributed by atoms with Crippen molar-refractivity contribution in [3.05, 3.63) is 65.2 Å². The fourth-order valence-corrected chi connectivity index (χ4v) is 6.16. The largest absolute Gasteiger partial charge is 0.416 e. The van der Waals surface area contributed by atoms with E-state index in [-0.39, 0.29) is 37.9 Å². The summed E-state index contributed by atoms with van der Waals surface area (Å²) in [6.45, 7) is 3.71. The van der Waals surface area contributed by atoms with Gasteiger partial charge in [-0.2, -0.15) is 26.3 Å². The highest BCUT2D eigenvalue weighted by Crippen LogP contribution is 2.41. The van der Waals surface area contributed by atoms with E-state index >= 15 is 0 Å². The molecule has 3 aliphatic rings. The van der Waals surface area contributed by atoms with Gasteiger partial charge in [0.05, 0.1) is 17.8 Å². The Morgan fingerprint density at radius 3 is 1.93 bits per heavy atom. The number of alkyl halides is 6. The number of nitrogens with zero attached hydrogens (tertiary/aromatic N) is 4. The van der Waals surface area contributed by atoms with Gasteiger partial charge in [-0.1, -0.05) is 24.6 Å². The number of piperidine rings is 2. The molecule has 2 aromatic rings. The Labute approximate surface area is 234 Å². The average molecular weight is 583 g/mol. The van der Waals surface area contributed by atoms with E-state index in [0.717, 1.165) is 38.2 Å². The summed E-state index contributed by atoms with van der Waals surface area (Å²) in [5.41, 5.74) is -3.85. The van der Waals surface area contributed by atoms with Crippen LogP contribution in [0.15, 0.2) is 48.5 Å². The summed E-state index contributed by atoms with van der Waals surface area (Å²) in [7, 11) is 0.